The fourth-order valence-electron chi connectivity index (χ4n) is 4.22. The molecule has 0 heterocycles. The second kappa shape index (κ2) is 12.2. The molecule has 0 saturated carbocycles. The third-order valence-corrected chi connectivity index (χ3v) is 6.05. The van der Waals surface area contributed by atoms with Crippen molar-refractivity contribution in [1.82, 2.24) is 10.6 Å². The summed E-state index contributed by atoms with van der Waals surface area (Å²) in [5.74, 6) is -1.11. The molecule has 0 spiro atoms. The van der Waals surface area contributed by atoms with Crippen LogP contribution in [0.3, 0.4) is 0 Å². The van der Waals surface area contributed by atoms with Crippen LogP contribution in [0.15, 0.2) is 48.5 Å². The Morgan fingerprint density at radius 2 is 1.59 bits per heavy atom. The summed E-state index contributed by atoms with van der Waals surface area (Å²) in [5.41, 5.74) is 4.60. The van der Waals surface area contributed by atoms with E-state index in [1.54, 1.807) is 0 Å². The zero-order chi connectivity index (χ0) is 24.5. The van der Waals surface area contributed by atoms with Crippen LogP contribution in [-0.2, 0) is 19.1 Å². The molecule has 0 saturated heterocycles. The molecule has 182 valence electrons. The van der Waals surface area contributed by atoms with E-state index >= 15 is 0 Å². The lowest BCUT2D eigenvalue weighted by molar-refractivity contribution is -0.138. The first kappa shape index (κ1) is 25.2. The molecule has 0 radical (unpaired) electrons. The lowest BCUT2D eigenvalue weighted by Crippen LogP contribution is -2.38. The summed E-state index contributed by atoms with van der Waals surface area (Å²) in [6.45, 7) is 2.57. The quantitative estimate of drug-likeness (QED) is 0.439. The highest BCUT2D eigenvalue weighted by Crippen LogP contribution is 2.44. The van der Waals surface area contributed by atoms with E-state index in [4.69, 9.17) is 14.6 Å². The van der Waals surface area contributed by atoms with Gasteiger partial charge in [-0.15, -0.1) is 0 Å². The van der Waals surface area contributed by atoms with Crippen molar-refractivity contribution in [3.63, 3.8) is 0 Å². The Morgan fingerprint density at radius 1 is 0.971 bits per heavy atom. The second-order valence-electron chi connectivity index (χ2n) is 8.61. The van der Waals surface area contributed by atoms with Crippen LogP contribution in [0.1, 0.15) is 43.2 Å². The van der Waals surface area contributed by atoms with Crippen LogP contribution in [0, 0.1) is 5.92 Å². The average molecular weight is 469 g/mol. The number of methoxy groups -OCH3 is 1. The van der Waals surface area contributed by atoms with Gasteiger partial charge in [0.05, 0.1) is 12.5 Å². The first-order valence-corrected chi connectivity index (χ1v) is 11.5. The molecule has 2 aromatic carbocycles. The molecule has 2 atom stereocenters. The van der Waals surface area contributed by atoms with Gasteiger partial charge in [-0.05, 0) is 34.6 Å². The van der Waals surface area contributed by atoms with Gasteiger partial charge in [-0.1, -0.05) is 55.5 Å². The first-order chi connectivity index (χ1) is 16.4. The van der Waals surface area contributed by atoms with Crippen molar-refractivity contribution < 1.29 is 29.0 Å². The minimum atomic E-state index is -0.849. The maximum absolute atomic E-state index is 12.3. The summed E-state index contributed by atoms with van der Waals surface area (Å²) < 4.78 is 10.8. The van der Waals surface area contributed by atoms with Crippen molar-refractivity contribution in [1.29, 1.82) is 0 Å². The number of hydrogen-bond acceptors (Lipinski definition) is 5. The highest BCUT2D eigenvalue weighted by Gasteiger charge is 2.29. The largest absolute Gasteiger partial charge is 0.481 e. The Kier molecular flexibility index (Phi) is 9.04. The van der Waals surface area contributed by atoms with Gasteiger partial charge < -0.3 is 25.2 Å². The van der Waals surface area contributed by atoms with Crippen LogP contribution < -0.4 is 10.6 Å². The summed E-state index contributed by atoms with van der Waals surface area (Å²) in [6, 6.07) is 16.3. The van der Waals surface area contributed by atoms with Crippen LogP contribution in [0.25, 0.3) is 11.1 Å². The van der Waals surface area contributed by atoms with Crippen molar-refractivity contribution >= 4 is 18.0 Å². The molecule has 2 amide bonds. The number of carboxylic acid groups (broad SMARTS) is 1. The monoisotopic (exact) mass is 468 g/mol. The number of benzene rings is 2. The van der Waals surface area contributed by atoms with E-state index in [1.165, 1.54) is 7.11 Å². The predicted octanol–water partition coefficient (Wildman–Crippen LogP) is 3.55. The summed E-state index contributed by atoms with van der Waals surface area (Å²) >= 11 is 0. The second-order valence-corrected chi connectivity index (χ2v) is 8.61. The van der Waals surface area contributed by atoms with Crippen LogP contribution in [0.2, 0.25) is 0 Å². The SMILES string of the molecule is COC(CNC(=O)OCC1c2ccccc2-c2ccccc21)CC(=O)NCCC(C)CC(=O)O. The Hall–Kier alpha value is -3.39. The maximum atomic E-state index is 12.3. The van der Waals surface area contributed by atoms with Crippen molar-refractivity contribution in [3.8, 4) is 11.1 Å². The number of nitrogens with one attached hydrogen (secondary N) is 2. The third kappa shape index (κ3) is 6.81. The zero-order valence-corrected chi connectivity index (χ0v) is 19.6. The maximum Gasteiger partial charge on any atom is 0.407 e. The molecule has 0 fully saturated rings. The summed E-state index contributed by atoms with van der Waals surface area (Å²) in [6.07, 6.45) is -0.342. The third-order valence-electron chi connectivity index (χ3n) is 6.05. The number of carboxylic acids is 1. The van der Waals surface area contributed by atoms with Crippen LogP contribution in [0.4, 0.5) is 4.79 Å². The van der Waals surface area contributed by atoms with Gasteiger partial charge in [0, 0.05) is 32.5 Å². The molecule has 0 aromatic heterocycles. The molecule has 3 rings (SSSR count). The van der Waals surface area contributed by atoms with Crippen LogP contribution in [0.5, 0.6) is 0 Å². The summed E-state index contributed by atoms with van der Waals surface area (Å²) in [7, 11) is 1.48. The van der Waals surface area contributed by atoms with Crippen molar-refractivity contribution in [3.05, 3.63) is 59.7 Å². The van der Waals surface area contributed by atoms with Crippen LogP contribution >= 0.6 is 0 Å². The zero-order valence-electron chi connectivity index (χ0n) is 19.6. The van der Waals surface area contributed by atoms with Gasteiger partial charge in [0.2, 0.25) is 5.91 Å². The first-order valence-electron chi connectivity index (χ1n) is 11.5. The summed E-state index contributed by atoms with van der Waals surface area (Å²) in [5, 5.41) is 14.2. The predicted molar refractivity (Wildman–Crippen MR) is 128 cm³/mol. The van der Waals surface area contributed by atoms with Gasteiger partial charge in [0.15, 0.2) is 0 Å². The molecule has 8 heteroatoms. The van der Waals surface area contributed by atoms with E-state index in [0.717, 1.165) is 22.3 Å². The number of carbonyl (C=O) groups is 3. The highest BCUT2D eigenvalue weighted by molar-refractivity contribution is 5.79. The molecule has 1 aliphatic rings. The molecule has 1 aliphatic carbocycles. The smallest absolute Gasteiger partial charge is 0.407 e. The number of hydrogen-bond donors (Lipinski definition) is 3. The van der Waals surface area contributed by atoms with Gasteiger partial charge in [-0.25, -0.2) is 4.79 Å². The molecule has 34 heavy (non-hydrogen) atoms. The number of fused-ring (bicyclic) bond motifs is 3. The van der Waals surface area contributed by atoms with Gasteiger partial charge in [-0.2, -0.15) is 0 Å². The Morgan fingerprint density at radius 3 is 2.18 bits per heavy atom. The van der Waals surface area contributed by atoms with E-state index in [1.807, 2.05) is 31.2 Å². The number of ether oxygens (including phenoxy) is 2. The minimum absolute atomic E-state index is 0.0220. The number of alkyl carbamates (subject to hydrolysis) is 1. The van der Waals surface area contributed by atoms with Crippen LogP contribution in [-0.4, -0.2) is 56.0 Å². The molecular formula is C26H32N2O6. The summed E-state index contributed by atoms with van der Waals surface area (Å²) in [4.78, 5) is 35.2. The Labute approximate surface area is 199 Å². The average Bonchev–Trinajstić information content (AvgIpc) is 3.13. The molecular weight excluding hydrogens is 436 g/mol. The van der Waals surface area contributed by atoms with Gasteiger partial charge in [0.25, 0.3) is 0 Å². The Bertz CT molecular complexity index is 963. The minimum Gasteiger partial charge on any atom is -0.481 e. The van der Waals surface area contributed by atoms with E-state index in [-0.39, 0.29) is 43.7 Å². The number of carbonyl (C=O) groups excluding carboxylic acids is 2. The fraction of sp³-hybridized carbons (Fsp3) is 0.423. The van der Waals surface area contributed by atoms with E-state index in [9.17, 15) is 14.4 Å². The Balaban J connectivity index is 1.42. The van der Waals surface area contributed by atoms with Gasteiger partial charge in [-0.3, -0.25) is 9.59 Å². The van der Waals surface area contributed by atoms with Gasteiger partial charge >= 0.3 is 12.1 Å². The lowest BCUT2D eigenvalue weighted by Gasteiger charge is -2.18. The number of aliphatic carboxylic acids is 1. The molecule has 3 N–H and O–H groups in total. The molecule has 0 bridgehead atoms. The van der Waals surface area contributed by atoms with E-state index < -0.39 is 18.2 Å². The lowest BCUT2D eigenvalue weighted by atomic mass is 9.98. The number of rotatable bonds is 12. The highest BCUT2D eigenvalue weighted by atomic mass is 16.5. The van der Waals surface area contributed by atoms with Crippen molar-refractivity contribution in [2.24, 2.45) is 5.92 Å². The molecule has 0 aliphatic heterocycles. The van der Waals surface area contributed by atoms with Crippen molar-refractivity contribution in [2.75, 3.05) is 26.8 Å². The van der Waals surface area contributed by atoms with Crippen molar-refractivity contribution in [2.45, 2.75) is 38.2 Å². The fourth-order valence-corrected chi connectivity index (χ4v) is 4.22. The number of amides is 2. The standard InChI is InChI=1S/C26H32N2O6/c1-17(13-25(30)31)11-12-27-24(29)14-18(33-2)15-28-26(32)34-16-23-21-9-5-3-7-19(21)20-8-4-6-10-22(20)23/h3-10,17-18,23H,11-16H2,1-2H3,(H,27,29)(H,28,32)(H,30,31). The topological polar surface area (TPSA) is 114 Å². The molecule has 2 aromatic rings. The van der Waals surface area contributed by atoms with Gasteiger partial charge in [0.1, 0.15) is 6.61 Å². The normalized spacial score (nSPS) is 13.9. The molecule has 2 unspecified atom stereocenters. The van der Waals surface area contributed by atoms with E-state index in [0.29, 0.717) is 13.0 Å². The van der Waals surface area contributed by atoms with E-state index in [2.05, 4.69) is 34.9 Å². The molecule has 8 nitrogen and oxygen atoms in total.